The van der Waals surface area contributed by atoms with E-state index in [4.69, 9.17) is 5.11 Å². The first kappa shape index (κ1) is 17.2. The van der Waals surface area contributed by atoms with E-state index in [1.807, 2.05) is 37.3 Å². The van der Waals surface area contributed by atoms with Crippen molar-refractivity contribution >= 4 is 5.91 Å². The van der Waals surface area contributed by atoms with E-state index in [2.05, 4.69) is 0 Å². The van der Waals surface area contributed by atoms with Gasteiger partial charge in [-0.2, -0.15) is 0 Å². The Kier molecular flexibility index (Phi) is 6.32. The molecular formula is C19H23NO3. The summed E-state index contributed by atoms with van der Waals surface area (Å²) in [6.07, 6.45) is 0. The van der Waals surface area contributed by atoms with E-state index >= 15 is 0 Å². The Labute approximate surface area is 137 Å². The topological polar surface area (TPSA) is 60.8 Å². The molecule has 0 saturated carbocycles. The minimum Gasteiger partial charge on any atom is -0.396 e. The molecule has 1 amide bonds. The first-order valence-electron chi connectivity index (χ1n) is 7.78. The number of aliphatic hydroxyl groups excluding tert-OH is 2. The van der Waals surface area contributed by atoms with Gasteiger partial charge in [0.15, 0.2) is 0 Å². The van der Waals surface area contributed by atoms with Crippen molar-refractivity contribution in [3.63, 3.8) is 0 Å². The van der Waals surface area contributed by atoms with E-state index in [9.17, 15) is 9.90 Å². The van der Waals surface area contributed by atoms with E-state index in [1.54, 1.807) is 29.2 Å². The number of hydrogen-bond acceptors (Lipinski definition) is 3. The molecule has 0 radical (unpaired) electrons. The zero-order valence-corrected chi connectivity index (χ0v) is 13.4. The fourth-order valence-electron chi connectivity index (χ4n) is 2.39. The van der Waals surface area contributed by atoms with Crippen molar-refractivity contribution in [2.24, 2.45) is 5.92 Å². The molecule has 2 aromatic rings. The number of carbonyl (C=O) groups is 1. The lowest BCUT2D eigenvalue weighted by atomic mass is 10.1. The molecule has 0 heterocycles. The quantitative estimate of drug-likeness (QED) is 0.825. The van der Waals surface area contributed by atoms with E-state index in [1.165, 1.54) is 0 Å². The second-order valence-corrected chi connectivity index (χ2v) is 5.81. The molecule has 0 fully saturated rings. The molecule has 0 aromatic heterocycles. The monoisotopic (exact) mass is 313 g/mol. The van der Waals surface area contributed by atoms with Crippen LogP contribution in [0, 0.1) is 5.92 Å². The van der Waals surface area contributed by atoms with Gasteiger partial charge in [0.05, 0.1) is 6.61 Å². The summed E-state index contributed by atoms with van der Waals surface area (Å²) in [4.78, 5) is 14.5. The summed E-state index contributed by atoms with van der Waals surface area (Å²) >= 11 is 0. The first-order chi connectivity index (χ1) is 11.1. The molecule has 4 heteroatoms. The molecule has 4 nitrogen and oxygen atoms in total. The highest BCUT2D eigenvalue weighted by atomic mass is 16.3. The molecule has 0 unspecified atom stereocenters. The second-order valence-electron chi connectivity index (χ2n) is 5.81. The van der Waals surface area contributed by atoms with Crippen LogP contribution in [-0.2, 0) is 13.2 Å². The predicted octanol–water partition coefficient (Wildman–Crippen LogP) is 2.45. The van der Waals surface area contributed by atoms with Gasteiger partial charge in [0.2, 0.25) is 0 Å². The summed E-state index contributed by atoms with van der Waals surface area (Å²) < 4.78 is 0. The zero-order valence-electron chi connectivity index (χ0n) is 13.4. The number of nitrogens with zero attached hydrogens (tertiary/aromatic N) is 1. The molecule has 0 aliphatic carbocycles. The average Bonchev–Trinajstić information content (AvgIpc) is 2.61. The first-order valence-corrected chi connectivity index (χ1v) is 7.78. The van der Waals surface area contributed by atoms with Crippen molar-refractivity contribution in [1.29, 1.82) is 0 Å². The number of hydrogen-bond donors (Lipinski definition) is 2. The number of amides is 1. The standard InChI is InChI=1S/C19H23NO3/c1-15(13-21)11-20(12-16-5-3-2-4-6-16)19(23)18-9-7-17(14-22)8-10-18/h2-10,15,21-22H,11-14H2,1H3/t15-/m1/s1. The predicted molar refractivity (Wildman–Crippen MR) is 89.8 cm³/mol. The molecule has 122 valence electrons. The minimum absolute atomic E-state index is 0.0133. The van der Waals surface area contributed by atoms with E-state index < -0.39 is 0 Å². The Morgan fingerprint density at radius 1 is 1.00 bits per heavy atom. The van der Waals surface area contributed by atoms with Crippen LogP contribution in [-0.4, -0.2) is 34.2 Å². The zero-order chi connectivity index (χ0) is 16.7. The van der Waals surface area contributed by atoms with Crippen molar-refractivity contribution < 1.29 is 15.0 Å². The van der Waals surface area contributed by atoms with Gasteiger partial charge >= 0.3 is 0 Å². The van der Waals surface area contributed by atoms with Crippen LogP contribution in [0.25, 0.3) is 0 Å². The molecule has 2 rings (SSSR count). The molecule has 0 aliphatic heterocycles. The Morgan fingerprint density at radius 3 is 2.22 bits per heavy atom. The van der Waals surface area contributed by atoms with Gasteiger partial charge in [0, 0.05) is 25.3 Å². The largest absolute Gasteiger partial charge is 0.396 e. The summed E-state index contributed by atoms with van der Waals surface area (Å²) in [6.45, 7) is 2.92. The number of carbonyl (C=O) groups excluding carboxylic acids is 1. The van der Waals surface area contributed by atoms with Gasteiger partial charge in [-0.05, 0) is 29.2 Å². The fraction of sp³-hybridized carbons (Fsp3) is 0.316. The Hall–Kier alpha value is -2.17. The van der Waals surface area contributed by atoms with Crippen LogP contribution in [0.15, 0.2) is 54.6 Å². The molecule has 0 aliphatic rings. The third kappa shape index (κ3) is 4.91. The molecule has 2 aromatic carbocycles. The van der Waals surface area contributed by atoms with Gasteiger partial charge < -0.3 is 15.1 Å². The van der Waals surface area contributed by atoms with E-state index in [0.717, 1.165) is 11.1 Å². The van der Waals surface area contributed by atoms with Gasteiger partial charge in [0.1, 0.15) is 0 Å². The normalized spacial score (nSPS) is 12.0. The van der Waals surface area contributed by atoms with Crippen molar-refractivity contribution in [3.8, 4) is 0 Å². The maximum atomic E-state index is 12.8. The van der Waals surface area contributed by atoms with Crippen LogP contribution < -0.4 is 0 Å². The van der Waals surface area contributed by atoms with Crippen molar-refractivity contribution in [2.45, 2.75) is 20.1 Å². The third-order valence-corrected chi connectivity index (χ3v) is 3.73. The van der Waals surface area contributed by atoms with Gasteiger partial charge in [-0.15, -0.1) is 0 Å². The minimum atomic E-state index is -0.0707. The molecule has 0 saturated heterocycles. The molecule has 0 spiro atoms. The summed E-state index contributed by atoms with van der Waals surface area (Å²) in [5, 5.41) is 18.4. The second kappa shape index (κ2) is 8.46. The number of benzene rings is 2. The van der Waals surface area contributed by atoms with Crippen molar-refractivity contribution in [3.05, 3.63) is 71.3 Å². The lowest BCUT2D eigenvalue weighted by Crippen LogP contribution is -2.35. The Morgan fingerprint density at radius 2 is 1.65 bits per heavy atom. The lowest BCUT2D eigenvalue weighted by molar-refractivity contribution is 0.0694. The van der Waals surface area contributed by atoms with Gasteiger partial charge in [-0.1, -0.05) is 49.4 Å². The van der Waals surface area contributed by atoms with E-state index in [-0.39, 0.29) is 25.0 Å². The van der Waals surface area contributed by atoms with Crippen LogP contribution >= 0.6 is 0 Å². The summed E-state index contributed by atoms with van der Waals surface area (Å²) in [7, 11) is 0. The third-order valence-electron chi connectivity index (χ3n) is 3.73. The van der Waals surface area contributed by atoms with Gasteiger partial charge in [0.25, 0.3) is 5.91 Å². The summed E-state index contributed by atoms with van der Waals surface area (Å²) in [5.74, 6) is -0.0574. The molecular weight excluding hydrogens is 290 g/mol. The number of rotatable bonds is 7. The van der Waals surface area contributed by atoms with Crippen LogP contribution in [0.5, 0.6) is 0 Å². The van der Waals surface area contributed by atoms with Crippen molar-refractivity contribution in [1.82, 2.24) is 4.90 Å². The molecule has 2 N–H and O–H groups in total. The SMILES string of the molecule is C[C@@H](CO)CN(Cc1ccccc1)C(=O)c1ccc(CO)cc1. The van der Waals surface area contributed by atoms with Crippen LogP contribution in [0.4, 0.5) is 0 Å². The Balaban J connectivity index is 2.18. The molecule has 23 heavy (non-hydrogen) atoms. The summed E-state index contributed by atoms with van der Waals surface area (Å²) in [6, 6.07) is 16.8. The molecule has 1 atom stereocenters. The molecule has 0 bridgehead atoms. The van der Waals surface area contributed by atoms with Crippen molar-refractivity contribution in [2.75, 3.05) is 13.2 Å². The smallest absolute Gasteiger partial charge is 0.254 e. The maximum absolute atomic E-state index is 12.8. The fourth-order valence-corrected chi connectivity index (χ4v) is 2.39. The van der Waals surface area contributed by atoms with Gasteiger partial charge in [-0.25, -0.2) is 0 Å². The average molecular weight is 313 g/mol. The Bertz CT molecular complexity index is 610. The lowest BCUT2D eigenvalue weighted by Gasteiger charge is -2.25. The van der Waals surface area contributed by atoms with E-state index in [0.29, 0.717) is 18.7 Å². The van der Waals surface area contributed by atoms with Crippen LogP contribution in [0.2, 0.25) is 0 Å². The summed E-state index contributed by atoms with van der Waals surface area (Å²) in [5.41, 5.74) is 2.42. The highest BCUT2D eigenvalue weighted by Crippen LogP contribution is 2.13. The van der Waals surface area contributed by atoms with Crippen LogP contribution in [0.3, 0.4) is 0 Å². The number of aliphatic hydroxyl groups is 2. The van der Waals surface area contributed by atoms with Gasteiger partial charge in [-0.3, -0.25) is 4.79 Å². The maximum Gasteiger partial charge on any atom is 0.254 e. The highest BCUT2D eigenvalue weighted by Gasteiger charge is 2.18. The highest BCUT2D eigenvalue weighted by molar-refractivity contribution is 5.94. The van der Waals surface area contributed by atoms with Crippen LogP contribution in [0.1, 0.15) is 28.4 Å².